The first-order valence-corrected chi connectivity index (χ1v) is 11.6. The summed E-state index contributed by atoms with van der Waals surface area (Å²) < 4.78 is 13.3. The summed E-state index contributed by atoms with van der Waals surface area (Å²) in [6.45, 7) is 8.25. The van der Waals surface area contributed by atoms with Gasteiger partial charge in [-0.1, -0.05) is 0 Å². The van der Waals surface area contributed by atoms with Crippen LogP contribution in [0.25, 0.3) is 11.4 Å². The van der Waals surface area contributed by atoms with Gasteiger partial charge in [0.05, 0.1) is 19.8 Å². The number of aromatic amines is 1. The molecule has 0 radical (unpaired) electrons. The Kier molecular flexibility index (Phi) is 7.41. The molecule has 1 aromatic heterocycles. The van der Waals surface area contributed by atoms with E-state index in [2.05, 4.69) is 26.5 Å². The summed E-state index contributed by atoms with van der Waals surface area (Å²) in [5.41, 5.74) is 3.90. The Morgan fingerprint density at radius 2 is 1.97 bits per heavy atom. The predicted octanol–water partition coefficient (Wildman–Crippen LogP) is 4.18. The average Bonchev–Trinajstić information content (AvgIpc) is 3.20. The van der Waals surface area contributed by atoms with Crippen molar-refractivity contribution in [1.29, 1.82) is 0 Å². The van der Waals surface area contributed by atoms with Gasteiger partial charge in [-0.2, -0.15) is 5.10 Å². The van der Waals surface area contributed by atoms with Gasteiger partial charge in [-0.05, 0) is 74.1 Å². The van der Waals surface area contributed by atoms with Crippen molar-refractivity contribution in [2.24, 2.45) is 0 Å². The van der Waals surface area contributed by atoms with E-state index in [1.165, 1.54) is 0 Å². The fourth-order valence-corrected chi connectivity index (χ4v) is 4.07. The number of rotatable bonds is 8. The number of amides is 1. The Labute approximate surface area is 198 Å². The minimum Gasteiger partial charge on any atom is -0.494 e. The smallest absolute Gasteiger partial charge is 0.226 e. The highest BCUT2D eigenvalue weighted by Gasteiger charge is 2.14. The van der Waals surface area contributed by atoms with Crippen LogP contribution in [-0.4, -0.2) is 53.6 Å². The molecule has 0 atom stereocenters. The van der Waals surface area contributed by atoms with Crippen molar-refractivity contribution in [2.75, 3.05) is 43.1 Å². The Balaban J connectivity index is 1.39. The maximum Gasteiger partial charge on any atom is 0.226 e. The minimum absolute atomic E-state index is 0.0713. The van der Waals surface area contributed by atoms with Crippen molar-refractivity contribution in [2.45, 2.75) is 26.8 Å². The number of aromatic nitrogens is 3. The van der Waals surface area contributed by atoms with Crippen LogP contribution in [-0.2, 0) is 16.1 Å². The molecular formula is C24H29N5O3S. The molecule has 174 valence electrons. The number of nitrogens with zero attached hydrogens (tertiary/aromatic N) is 3. The van der Waals surface area contributed by atoms with E-state index in [1.807, 2.05) is 54.8 Å². The lowest BCUT2D eigenvalue weighted by atomic mass is 10.1. The summed E-state index contributed by atoms with van der Waals surface area (Å²) in [6.07, 6.45) is 0.280. The summed E-state index contributed by atoms with van der Waals surface area (Å²) in [7, 11) is 0. The van der Waals surface area contributed by atoms with E-state index in [0.717, 1.165) is 54.6 Å². The van der Waals surface area contributed by atoms with E-state index in [4.69, 9.17) is 21.7 Å². The quantitative estimate of drug-likeness (QED) is 0.484. The highest BCUT2D eigenvalue weighted by Crippen LogP contribution is 2.24. The van der Waals surface area contributed by atoms with Gasteiger partial charge in [0.15, 0.2) is 10.6 Å². The summed E-state index contributed by atoms with van der Waals surface area (Å²) in [6, 6.07) is 13.8. The molecule has 2 heterocycles. The number of H-pyrrole nitrogens is 1. The second-order valence-electron chi connectivity index (χ2n) is 7.86. The topological polar surface area (TPSA) is 84.4 Å². The van der Waals surface area contributed by atoms with E-state index in [9.17, 15) is 4.79 Å². The molecule has 0 spiro atoms. The monoisotopic (exact) mass is 467 g/mol. The van der Waals surface area contributed by atoms with E-state index >= 15 is 0 Å². The number of morpholine rings is 1. The summed E-state index contributed by atoms with van der Waals surface area (Å²) in [5.74, 6) is 1.43. The van der Waals surface area contributed by atoms with Gasteiger partial charge in [-0.3, -0.25) is 14.5 Å². The highest BCUT2D eigenvalue weighted by atomic mass is 32.1. The molecule has 1 fully saturated rings. The number of hydrogen-bond acceptors (Lipinski definition) is 6. The molecule has 0 saturated carbocycles. The van der Waals surface area contributed by atoms with Crippen LogP contribution in [0.15, 0.2) is 42.5 Å². The third kappa shape index (κ3) is 5.61. The number of benzene rings is 2. The number of carbonyl (C=O) groups is 1. The van der Waals surface area contributed by atoms with Crippen LogP contribution < -0.4 is 15.0 Å². The van der Waals surface area contributed by atoms with E-state index in [1.54, 1.807) is 0 Å². The molecular weight excluding hydrogens is 438 g/mol. The van der Waals surface area contributed by atoms with Gasteiger partial charge >= 0.3 is 0 Å². The molecule has 1 aliphatic heterocycles. The number of nitrogens with one attached hydrogen (secondary N) is 2. The average molecular weight is 468 g/mol. The van der Waals surface area contributed by atoms with Gasteiger partial charge in [-0.25, -0.2) is 0 Å². The Bertz CT molecular complexity index is 1150. The van der Waals surface area contributed by atoms with Crippen LogP contribution in [0.5, 0.6) is 5.75 Å². The lowest BCUT2D eigenvalue weighted by molar-refractivity contribution is -0.116. The zero-order valence-corrected chi connectivity index (χ0v) is 19.8. The first-order chi connectivity index (χ1) is 16.0. The summed E-state index contributed by atoms with van der Waals surface area (Å²) in [4.78, 5) is 15.0. The molecule has 0 aliphatic carbocycles. The molecule has 1 aliphatic rings. The summed E-state index contributed by atoms with van der Waals surface area (Å²) in [5, 5.41) is 10.2. The zero-order chi connectivity index (χ0) is 23.2. The van der Waals surface area contributed by atoms with Gasteiger partial charge in [0.1, 0.15) is 5.75 Å². The Morgan fingerprint density at radius 3 is 2.67 bits per heavy atom. The minimum atomic E-state index is -0.0713. The molecule has 9 heteroatoms. The largest absolute Gasteiger partial charge is 0.494 e. The summed E-state index contributed by atoms with van der Waals surface area (Å²) >= 11 is 5.39. The molecule has 1 saturated heterocycles. The van der Waals surface area contributed by atoms with Crippen molar-refractivity contribution >= 4 is 29.5 Å². The standard InChI is InChI=1S/C24H29N5O3S/c1-3-32-20-7-4-18(5-8-20)23-26-27-24(33)29(23)11-10-22(30)25-21-9-6-19(16-17(21)2)28-12-14-31-15-13-28/h4-9,16H,3,10-15H2,1-2H3,(H,25,30)(H,27,33). The van der Waals surface area contributed by atoms with Crippen LogP contribution in [0.4, 0.5) is 11.4 Å². The van der Waals surface area contributed by atoms with Gasteiger partial charge in [-0.15, -0.1) is 0 Å². The third-order valence-electron chi connectivity index (χ3n) is 5.60. The SMILES string of the molecule is CCOc1ccc(-c2n[nH]c(=S)n2CCC(=O)Nc2ccc(N3CCOCC3)cc2C)cc1. The highest BCUT2D eigenvalue weighted by molar-refractivity contribution is 7.71. The maximum absolute atomic E-state index is 12.7. The van der Waals surface area contributed by atoms with Crippen molar-refractivity contribution in [3.8, 4) is 17.1 Å². The normalized spacial score (nSPS) is 13.7. The van der Waals surface area contributed by atoms with Gasteiger partial charge < -0.3 is 19.7 Å². The molecule has 33 heavy (non-hydrogen) atoms. The lowest BCUT2D eigenvalue weighted by Gasteiger charge is -2.29. The molecule has 2 aromatic carbocycles. The fourth-order valence-electron chi connectivity index (χ4n) is 3.84. The number of carbonyl (C=O) groups excluding carboxylic acids is 1. The van der Waals surface area contributed by atoms with Gasteiger partial charge in [0.2, 0.25) is 5.91 Å². The van der Waals surface area contributed by atoms with Crippen LogP contribution >= 0.6 is 12.2 Å². The van der Waals surface area contributed by atoms with Crippen LogP contribution in [0.2, 0.25) is 0 Å². The molecule has 3 aromatic rings. The first kappa shape index (κ1) is 23.0. The lowest BCUT2D eigenvalue weighted by Crippen LogP contribution is -2.36. The maximum atomic E-state index is 12.7. The predicted molar refractivity (Wildman–Crippen MR) is 131 cm³/mol. The van der Waals surface area contributed by atoms with E-state index in [0.29, 0.717) is 23.7 Å². The van der Waals surface area contributed by atoms with Crippen molar-refractivity contribution in [1.82, 2.24) is 14.8 Å². The van der Waals surface area contributed by atoms with Crippen LogP contribution in [0.1, 0.15) is 18.9 Å². The van der Waals surface area contributed by atoms with E-state index < -0.39 is 0 Å². The van der Waals surface area contributed by atoms with Gasteiger partial charge in [0.25, 0.3) is 0 Å². The van der Waals surface area contributed by atoms with Crippen LogP contribution in [0.3, 0.4) is 0 Å². The van der Waals surface area contributed by atoms with Crippen molar-refractivity contribution in [3.63, 3.8) is 0 Å². The number of ether oxygens (including phenoxy) is 2. The second-order valence-corrected chi connectivity index (χ2v) is 8.24. The second kappa shape index (κ2) is 10.6. The molecule has 0 bridgehead atoms. The number of aryl methyl sites for hydroxylation is 1. The van der Waals surface area contributed by atoms with Crippen molar-refractivity contribution in [3.05, 3.63) is 52.8 Å². The first-order valence-electron chi connectivity index (χ1n) is 11.2. The zero-order valence-electron chi connectivity index (χ0n) is 19.0. The number of hydrogen-bond donors (Lipinski definition) is 2. The van der Waals surface area contributed by atoms with Crippen molar-refractivity contribution < 1.29 is 14.3 Å². The molecule has 2 N–H and O–H groups in total. The van der Waals surface area contributed by atoms with Gasteiger partial charge in [0, 0.05) is 43.0 Å². The number of anilines is 2. The molecule has 8 nitrogen and oxygen atoms in total. The Hall–Kier alpha value is -3.17. The third-order valence-corrected chi connectivity index (χ3v) is 5.92. The Morgan fingerprint density at radius 1 is 1.21 bits per heavy atom. The molecule has 0 unspecified atom stereocenters. The fraction of sp³-hybridized carbons (Fsp3) is 0.375. The molecule has 1 amide bonds. The van der Waals surface area contributed by atoms with Crippen LogP contribution in [0, 0.1) is 11.7 Å². The van der Waals surface area contributed by atoms with E-state index in [-0.39, 0.29) is 12.3 Å². The molecule has 4 rings (SSSR count).